The minimum absolute atomic E-state index is 0.134. The van der Waals surface area contributed by atoms with Crippen LogP contribution in [0.2, 0.25) is 0 Å². The molecule has 1 N–H and O–H groups in total. The summed E-state index contributed by atoms with van der Waals surface area (Å²) in [7, 11) is 0. The first-order valence-corrected chi connectivity index (χ1v) is 7.55. The lowest BCUT2D eigenvalue weighted by Crippen LogP contribution is -2.35. The van der Waals surface area contributed by atoms with E-state index in [1.165, 1.54) is 25.7 Å². The Morgan fingerprint density at radius 1 is 1.40 bits per heavy atom. The van der Waals surface area contributed by atoms with Crippen LogP contribution in [0.25, 0.3) is 0 Å². The molecule has 1 aliphatic rings. The van der Waals surface area contributed by atoms with E-state index in [0.29, 0.717) is 12.0 Å². The van der Waals surface area contributed by atoms with Gasteiger partial charge in [-0.3, -0.25) is 0 Å². The van der Waals surface area contributed by atoms with Crippen molar-refractivity contribution in [1.29, 1.82) is 0 Å². The number of hydrogen-bond donors (Lipinski definition) is 1. The Morgan fingerprint density at radius 2 is 2.10 bits per heavy atom. The van der Waals surface area contributed by atoms with Crippen LogP contribution in [0, 0.1) is 5.92 Å². The fourth-order valence-electron chi connectivity index (χ4n) is 2.80. The summed E-state index contributed by atoms with van der Waals surface area (Å²) in [6.45, 7) is 5.39. The van der Waals surface area contributed by atoms with Crippen molar-refractivity contribution in [1.82, 2.24) is 4.98 Å². The van der Waals surface area contributed by atoms with Crippen molar-refractivity contribution in [3.63, 3.8) is 0 Å². The lowest BCUT2D eigenvalue weighted by atomic mass is 10.1. The molecule has 1 saturated carbocycles. The minimum Gasteiger partial charge on any atom is -0.477 e. The Hall–Kier alpha value is -1.58. The summed E-state index contributed by atoms with van der Waals surface area (Å²) in [5.41, 5.74) is 0.134. The van der Waals surface area contributed by atoms with E-state index >= 15 is 0 Å². The predicted octanol–water partition coefficient (Wildman–Crippen LogP) is 3.57. The van der Waals surface area contributed by atoms with Crippen LogP contribution in [0.5, 0.6) is 0 Å². The molecule has 0 unspecified atom stereocenters. The van der Waals surface area contributed by atoms with Crippen LogP contribution in [0.15, 0.2) is 18.2 Å². The molecule has 1 aromatic heterocycles. The van der Waals surface area contributed by atoms with Gasteiger partial charge in [-0.25, -0.2) is 9.78 Å². The van der Waals surface area contributed by atoms with Crippen molar-refractivity contribution in [2.45, 2.75) is 52.0 Å². The van der Waals surface area contributed by atoms with E-state index in [0.717, 1.165) is 18.8 Å². The Balaban J connectivity index is 2.20. The van der Waals surface area contributed by atoms with Crippen LogP contribution in [0.4, 0.5) is 5.82 Å². The molecule has 1 aliphatic carbocycles. The maximum atomic E-state index is 11.1. The van der Waals surface area contributed by atoms with Crippen LogP contribution >= 0.6 is 0 Å². The first-order chi connectivity index (χ1) is 9.58. The van der Waals surface area contributed by atoms with Crippen molar-refractivity contribution in [2.24, 2.45) is 5.92 Å². The summed E-state index contributed by atoms with van der Waals surface area (Å²) in [4.78, 5) is 17.7. The molecule has 1 heterocycles. The first-order valence-electron chi connectivity index (χ1n) is 7.55. The third-order valence-electron chi connectivity index (χ3n) is 3.96. The van der Waals surface area contributed by atoms with E-state index in [4.69, 9.17) is 5.11 Å². The van der Waals surface area contributed by atoms with E-state index in [9.17, 15) is 4.79 Å². The molecule has 1 fully saturated rings. The van der Waals surface area contributed by atoms with Gasteiger partial charge in [0.25, 0.3) is 0 Å². The van der Waals surface area contributed by atoms with Crippen LogP contribution < -0.4 is 4.90 Å². The van der Waals surface area contributed by atoms with Gasteiger partial charge in [-0.1, -0.05) is 32.8 Å². The number of rotatable bonds is 6. The van der Waals surface area contributed by atoms with Crippen LogP contribution in [0.1, 0.15) is 56.4 Å². The van der Waals surface area contributed by atoms with E-state index in [1.807, 2.05) is 6.07 Å². The lowest BCUT2D eigenvalue weighted by Gasteiger charge is -2.31. The average Bonchev–Trinajstić information content (AvgIpc) is 2.93. The monoisotopic (exact) mass is 276 g/mol. The number of carboxylic acids is 1. The zero-order chi connectivity index (χ0) is 14.5. The zero-order valence-corrected chi connectivity index (χ0v) is 12.4. The number of anilines is 1. The molecule has 0 atom stereocenters. The third-order valence-corrected chi connectivity index (χ3v) is 3.96. The SMILES string of the molecule is CC(C)CCN(c1cccc(C(=O)O)n1)C1CCCC1. The van der Waals surface area contributed by atoms with Gasteiger partial charge < -0.3 is 10.0 Å². The predicted molar refractivity (Wildman–Crippen MR) is 80.3 cm³/mol. The van der Waals surface area contributed by atoms with Crippen molar-refractivity contribution < 1.29 is 9.90 Å². The Bertz CT molecular complexity index is 454. The summed E-state index contributed by atoms with van der Waals surface area (Å²) in [6.07, 6.45) is 6.02. The standard InChI is InChI=1S/C16H24N2O2/c1-12(2)10-11-18(13-6-3-4-7-13)15-9-5-8-14(17-15)16(19)20/h5,8-9,12-13H,3-4,6-7,10-11H2,1-2H3,(H,19,20). The molecule has 0 bridgehead atoms. The van der Waals surface area contributed by atoms with Gasteiger partial charge in [-0.2, -0.15) is 0 Å². The zero-order valence-electron chi connectivity index (χ0n) is 12.4. The lowest BCUT2D eigenvalue weighted by molar-refractivity contribution is 0.0690. The molecule has 1 aromatic rings. The second-order valence-corrected chi connectivity index (χ2v) is 6.00. The highest BCUT2D eigenvalue weighted by molar-refractivity contribution is 5.85. The van der Waals surface area contributed by atoms with Crippen molar-refractivity contribution in [2.75, 3.05) is 11.4 Å². The number of aromatic carboxylic acids is 1. The van der Waals surface area contributed by atoms with Crippen LogP contribution in [0.3, 0.4) is 0 Å². The smallest absolute Gasteiger partial charge is 0.354 e. The number of carboxylic acid groups (broad SMARTS) is 1. The topological polar surface area (TPSA) is 53.4 Å². The second kappa shape index (κ2) is 6.73. The second-order valence-electron chi connectivity index (χ2n) is 6.00. The number of pyridine rings is 1. The molecule has 0 amide bonds. The minimum atomic E-state index is -0.956. The van der Waals surface area contributed by atoms with Crippen LogP contribution in [-0.2, 0) is 0 Å². The number of nitrogens with zero attached hydrogens (tertiary/aromatic N) is 2. The molecule has 20 heavy (non-hydrogen) atoms. The molecule has 0 aliphatic heterocycles. The summed E-state index contributed by atoms with van der Waals surface area (Å²) < 4.78 is 0. The van der Waals surface area contributed by atoms with Gasteiger partial charge in [0.2, 0.25) is 0 Å². The maximum Gasteiger partial charge on any atom is 0.354 e. The molecule has 0 aromatic carbocycles. The Labute approximate surface area is 120 Å². The van der Waals surface area contributed by atoms with Gasteiger partial charge in [-0.05, 0) is 37.3 Å². The van der Waals surface area contributed by atoms with E-state index in [2.05, 4.69) is 23.7 Å². The largest absolute Gasteiger partial charge is 0.477 e. The first kappa shape index (κ1) is 14.8. The number of hydrogen-bond acceptors (Lipinski definition) is 3. The highest BCUT2D eigenvalue weighted by atomic mass is 16.4. The fourth-order valence-corrected chi connectivity index (χ4v) is 2.80. The molecule has 110 valence electrons. The molecular weight excluding hydrogens is 252 g/mol. The number of aromatic nitrogens is 1. The fraction of sp³-hybridized carbons (Fsp3) is 0.625. The molecule has 0 saturated heterocycles. The van der Waals surface area contributed by atoms with Gasteiger partial charge in [-0.15, -0.1) is 0 Å². The van der Waals surface area contributed by atoms with E-state index in [1.54, 1.807) is 12.1 Å². The van der Waals surface area contributed by atoms with Crippen molar-refractivity contribution in [3.05, 3.63) is 23.9 Å². The van der Waals surface area contributed by atoms with Gasteiger partial charge >= 0.3 is 5.97 Å². The molecule has 4 heteroatoms. The van der Waals surface area contributed by atoms with Crippen molar-refractivity contribution in [3.8, 4) is 0 Å². The summed E-state index contributed by atoms with van der Waals surface area (Å²) >= 11 is 0. The van der Waals surface area contributed by atoms with Crippen LogP contribution in [-0.4, -0.2) is 28.6 Å². The van der Waals surface area contributed by atoms with Gasteiger partial charge in [0.15, 0.2) is 5.69 Å². The highest BCUT2D eigenvalue weighted by Gasteiger charge is 2.24. The highest BCUT2D eigenvalue weighted by Crippen LogP contribution is 2.28. The van der Waals surface area contributed by atoms with Gasteiger partial charge in [0.05, 0.1) is 0 Å². The van der Waals surface area contributed by atoms with Gasteiger partial charge in [0, 0.05) is 12.6 Å². The van der Waals surface area contributed by atoms with E-state index < -0.39 is 5.97 Å². The molecule has 0 spiro atoms. The quantitative estimate of drug-likeness (QED) is 0.863. The summed E-state index contributed by atoms with van der Waals surface area (Å²) in [5, 5.41) is 9.09. The van der Waals surface area contributed by atoms with E-state index in [-0.39, 0.29) is 5.69 Å². The molecular formula is C16H24N2O2. The molecule has 0 radical (unpaired) electrons. The number of carbonyl (C=O) groups is 1. The normalized spacial score (nSPS) is 15.8. The third kappa shape index (κ3) is 3.71. The Morgan fingerprint density at radius 3 is 2.70 bits per heavy atom. The van der Waals surface area contributed by atoms with Gasteiger partial charge in [0.1, 0.15) is 5.82 Å². The summed E-state index contributed by atoms with van der Waals surface area (Å²) in [5.74, 6) is 0.501. The molecule has 4 nitrogen and oxygen atoms in total. The summed E-state index contributed by atoms with van der Waals surface area (Å²) in [6, 6.07) is 5.81. The molecule has 2 rings (SSSR count). The average molecular weight is 276 g/mol. The van der Waals surface area contributed by atoms with Crippen molar-refractivity contribution >= 4 is 11.8 Å². The Kier molecular flexibility index (Phi) is 4.99. The maximum absolute atomic E-state index is 11.1.